The Labute approximate surface area is 152 Å². The van der Waals surface area contributed by atoms with Crippen LogP contribution in [0.4, 0.5) is 5.69 Å². The number of carbonyl (C=O) groups excluding carboxylic acids is 2. The second-order valence-electron chi connectivity index (χ2n) is 5.71. The largest absolute Gasteiger partial charge is 0.479 e. The van der Waals surface area contributed by atoms with Crippen molar-refractivity contribution in [1.82, 2.24) is 0 Å². The van der Waals surface area contributed by atoms with Gasteiger partial charge >= 0.3 is 5.97 Å². The number of para-hydroxylation sites is 1. The molecule has 0 heterocycles. The van der Waals surface area contributed by atoms with E-state index in [9.17, 15) is 9.59 Å². The first-order valence-electron chi connectivity index (χ1n) is 8.12. The van der Waals surface area contributed by atoms with E-state index in [-0.39, 0.29) is 5.91 Å². The molecule has 1 amide bonds. The van der Waals surface area contributed by atoms with E-state index in [4.69, 9.17) is 14.7 Å². The summed E-state index contributed by atoms with van der Waals surface area (Å²) in [5.41, 5.74) is 1.21. The van der Waals surface area contributed by atoms with Crippen molar-refractivity contribution in [2.24, 2.45) is 0 Å². The van der Waals surface area contributed by atoms with Crippen LogP contribution in [0.15, 0.2) is 54.6 Å². The second kappa shape index (κ2) is 8.67. The molecule has 0 bridgehead atoms. The molecular formula is C20H20N2O4. The number of likely N-dealkylation sites (N-methyl/N-ethyl adjacent to an activating group) is 1. The van der Waals surface area contributed by atoms with Crippen molar-refractivity contribution in [3.63, 3.8) is 0 Å². The van der Waals surface area contributed by atoms with E-state index in [0.29, 0.717) is 17.0 Å². The van der Waals surface area contributed by atoms with Crippen LogP contribution in [0.2, 0.25) is 0 Å². The van der Waals surface area contributed by atoms with Gasteiger partial charge in [-0.2, -0.15) is 5.26 Å². The summed E-state index contributed by atoms with van der Waals surface area (Å²) < 4.78 is 10.7. The molecule has 134 valence electrons. The molecule has 26 heavy (non-hydrogen) atoms. The maximum Gasteiger partial charge on any atom is 0.347 e. The Morgan fingerprint density at radius 3 is 2.19 bits per heavy atom. The van der Waals surface area contributed by atoms with E-state index in [1.165, 1.54) is 11.8 Å². The van der Waals surface area contributed by atoms with Crippen LogP contribution in [0.1, 0.15) is 19.4 Å². The molecule has 0 aliphatic heterocycles. The lowest BCUT2D eigenvalue weighted by molar-refractivity contribution is -0.160. The minimum absolute atomic E-state index is 0.338. The molecule has 0 saturated carbocycles. The number of hydrogen-bond donors (Lipinski definition) is 0. The third kappa shape index (κ3) is 4.84. The van der Waals surface area contributed by atoms with Gasteiger partial charge in [0.25, 0.3) is 5.91 Å². The highest BCUT2D eigenvalue weighted by Gasteiger charge is 2.25. The molecule has 0 spiro atoms. The quantitative estimate of drug-likeness (QED) is 0.747. The fraction of sp³-hybridized carbons (Fsp3) is 0.250. The Balaban J connectivity index is 1.92. The zero-order valence-electron chi connectivity index (χ0n) is 14.9. The fourth-order valence-corrected chi connectivity index (χ4v) is 2.23. The van der Waals surface area contributed by atoms with Crippen LogP contribution in [0.3, 0.4) is 0 Å². The molecule has 2 aromatic carbocycles. The van der Waals surface area contributed by atoms with Crippen LogP contribution < -0.4 is 9.64 Å². The van der Waals surface area contributed by atoms with Gasteiger partial charge in [0.1, 0.15) is 5.75 Å². The number of rotatable bonds is 6. The van der Waals surface area contributed by atoms with Crippen LogP contribution in [0, 0.1) is 11.3 Å². The van der Waals surface area contributed by atoms with Gasteiger partial charge in [-0.25, -0.2) is 4.79 Å². The smallest absolute Gasteiger partial charge is 0.347 e. The molecule has 6 nitrogen and oxygen atoms in total. The van der Waals surface area contributed by atoms with Crippen molar-refractivity contribution >= 4 is 17.6 Å². The van der Waals surface area contributed by atoms with Gasteiger partial charge in [-0.15, -0.1) is 0 Å². The summed E-state index contributed by atoms with van der Waals surface area (Å²) in [5, 5.41) is 8.78. The molecule has 2 aromatic rings. The molecule has 0 aliphatic carbocycles. The average Bonchev–Trinajstić information content (AvgIpc) is 2.67. The van der Waals surface area contributed by atoms with E-state index in [1.54, 1.807) is 50.4 Å². The molecule has 0 aromatic heterocycles. The molecule has 6 heteroatoms. The summed E-state index contributed by atoms with van der Waals surface area (Å²) in [4.78, 5) is 26.0. The van der Waals surface area contributed by atoms with Gasteiger partial charge in [-0.05, 0) is 50.2 Å². The number of amides is 1. The minimum Gasteiger partial charge on any atom is -0.479 e. The maximum atomic E-state index is 12.4. The zero-order valence-corrected chi connectivity index (χ0v) is 14.9. The highest BCUT2D eigenvalue weighted by Crippen LogP contribution is 2.16. The van der Waals surface area contributed by atoms with Crippen molar-refractivity contribution in [1.29, 1.82) is 5.26 Å². The van der Waals surface area contributed by atoms with Crippen LogP contribution >= 0.6 is 0 Å². The third-order valence-electron chi connectivity index (χ3n) is 3.74. The Hall–Kier alpha value is -3.33. The molecule has 0 N–H and O–H groups in total. The molecule has 0 fully saturated rings. The van der Waals surface area contributed by atoms with E-state index in [1.807, 2.05) is 24.3 Å². The number of nitrogens with zero attached hydrogens (tertiary/aromatic N) is 2. The van der Waals surface area contributed by atoms with Crippen LogP contribution in [0.25, 0.3) is 0 Å². The van der Waals surface area contributed by atoms with Gasteiger partial charge in [0.2, 0.25) is 0 Å². The standard InChI is InChI=1S/C20H20N2O4/c1-14(19(23)22(3)17-7-5-4-6-8-17)26-20(24)15(2)25-18-11-9-16(13-21)10-12-18/h4-12,14-15H,1-3H3/t14-,15-/m0/s1. The molecule has 2 rings (SSSR count). The first-order valence-corrected chi connectivity index (χ1v) is 8.12. The first kappa shape index (κ1) is 19.0. The van der Waals surface area contributed by atoms with Gasteiger partial charge < -0.3 is 14.4 Å². The van der Waals surface area contributed by atoms with Crippen LogP contribution in [-0.4, -0.2) is 31.1 Å². The van der Waals surface area contributed by atoms with Gasteiger partial charge in [0.05, 0.1) is 11.6 Å². The lowest BCUT2D eigenvalue weighted by Gasteiger charge is -2.22. The van der Waals surface area contributed by atoms with Crippen molar-refractivity contribution in [3.8, 4) is 11.8 Å². The summed E-state index contributed by atoms with van der Waals surface area (Å²) in [6, 6.07) is 17.5. The predicted molar refractivity (Wildman–Crippen MR) is 96.7 cm³/mol. The topological polar surface area (TPSA) is 79.6 Å². The molecule has 0 aliphatic rings. The lowest BCUT2D eigenvalue weighted by atomic mass is 10.2. The summed E-state index contributed by atoms with van der Waals surface area (Å²) in [6.07, 6.45) is -1.83. The minimum atomic E-state index is -0.945. The monoisotopic (exact) mass is 352 g/mol. The fourth-order valence-electron chi connectivity index (χ4n) is 2.23. The highest BCUT2D eigenvalue weighted by atomic mass is 16.6. The number of ether oxygens (including phenoxy) is 2. The summed E-state index contributed by atoms with van der Waals surface area (Å²) >= 11 is 0. The summed E-state index contributed by atoms with van der Waals surface area (Å²) in [7, 11) is 1.62. The molecule has 0 unspecified atom stereocenters. The highest BCUT2D eigenvalue weighted by molar-refractivity contribution is 5.97. The average molecular weight is 352 g/mol. The normalized spacial score (nSPS) is 12.4. The predicted octanol–water partition coefficient (Wildman–Crippen LogP) is 2.92. The van der Waals surface area contributed by atoms with Crippen molar-refractivity contribution in [2.45, 2.75) is 26.1 Å². The molecule has 0 saturated heterocycles. The Kier molecular flexibility index (Phi) is 6.34. The Morgan fingerprint density at radius 2 is 1.62 bits per heavy atom. The second-order valence-corrected chi connectivity index (χ2v) is 5.71. The first-order chi connectivity index (χ1) is 12.4. The number of anilines is 1. The SMILES string of the molecule is C[C@H](Oc1ccc(C#N)cc1)C(=O)O[C@@H](C)C(=O)N(C)c1ccccc1. The van der Waals surface area contributed by atoms with E-state index < -0.39 is 18.2 Å². The number of nitriles is 1. The van der Waals surface area contributed by atoms with Gasteiger partial charge in [0, 0.05) is 12.7 Å². The lowest BCUT2D eigenvalue weighted by Crippen LogP contribution is -2.40. The Morgan fingerprint density at radius 1 is 1.00 bits per heavy atom. The van der Waals surface area contributed by atoms with Crippen LogP contribution in [0.5, 0.6) is 5.75 Å². The van der Waals surface area contributed by atoms with Crippen molar-refractivity contribution in [2.75, 3.05) is 11.9 Å². The van der Waals surface area contributed by atoms with E-state index in [0.717, 1.165) is 0 Å². The number of esters is 1. The number of benzene rings is 2. The third-order valence-corrected chi connectivity index (χ3v) is 3.74. The summed E-state index contributed by atoms with van der Waals surface area (Å²) in [6.45, 7) is 3.06. The van der Waals surface area contributed by atoms with Crippen molar-refractivity contribution < 1.29 is 19.1 Å². The molecule has 0 radical (unpaired) electrons. The van der Waals surface area contributed by atoms with Gasteiger partial charge in [-0.1, -0.05) is 18.2 Å². The number of carbonyl (C=O) groups is 2. The number of hydrogen-bond acceptors (Lipinski definition) is 5. The molecular weight excluding hydrogens is 332 g/mol. The maximum absolute atomic E-state index is 12.4. The van der Waals surface area contributed by atoms with Gasteiger partial charge in [0.15, 0.2) is 12.2 Å². The summed E-state index contributed by atoms with van der Waals surface area (Å²) in [5.74, 6) is -0.541. The van der Waals surface area contributed by atoms with E-state index >= 15 is 0 Å². The molecule has 2 atom stereocenters. The van der Waals surface area contributed by atoms with Gasteiger partial charge in [-0.3, -0.25) is 4.79 Å². The zero-order chi connectivity index (χ0) is 19.1. The van der Waals surface area contributed by atoms with Crippen molar-refractivity contribution in [3.05, 3.63) is 60.2 Å². The van der Waals surface area contributed by atoms with Crippen LogP contribution in [-0.2, 0) is 14.3 Å². The Bertz CT molecular complexity index is 797. The van der Waals surface area contributed by atoms with E-state index in [2.05, 4.69) is 0 Å².